The van der Waals surface area contributed by atoms with Crippen molar-refractivity contribution in [2.75, 3.05) is 11.6 Å². The molecule has 2 unspecified atom stereocenters. The average Bonchev–Trinajstić information content (AvgIpc) is 3.01. The summed E-state index contributed by atoms with van der Waals surface area (Å²) in [6.45, 7) is 0. The van der Waals surface area contributed by atoms with Crippen LogP contribution in [0.5, 0.6) is 0 Å². The van der Waals surface area contributed by atoms with E-state index in [1.807, 2.05) is 0 Å². The standard InChI is InChI=1S/C12H16ClN3O2S/c1-19(17,18)12-14-9(13)6-10(16-12)15-11-7-4-2-3-5-8(7)11/h6-8,11H,2-5H2,1H3,(H,14,15,16). The molecule has 0 amide bonds. The first-order chi connectivity index (χ1) is 8.95. The first kappa shape index (κ1) is 13.1. The molecule has 5 nitrogen and oxygen atoms in total. The zero-order chi connectivity index (χ0) is 13.6. The van der Waals surface area contributed by atoms with Gasteiger partial charge < -0.3 is 5.32 Å². The molecule has 0 saturated heterocycles. The van der Waals surface area contributed by atoms with E-state index in [0.29, 0.717) is 23.7 Å². The van der Waals surface area contributed by atoms with Crippen LogP contribution >= 0.6 is 11.6 Å². The van der Waals surface area contributed by atoms with Gasteiger partial charge in [0.05, 0.1) is 0 Å². The van der Waals surface area contributed by atoms with E-state index < -0.39 is 9.84 Å². The third-order valence-electron chi connectivity index (χ3n) is 3.98. The molecule has 0 bridgehead atoms. The fraction of sp³-hybridized carbons (Fsp3) is 0.667. The van der Waals surface area contributed by atoms with Gasteiger partial charge in [0.25, 0.3) is 0 Å². The Morgan fingerprint density at radius 2 is 1.89 bits per heavy atom. The highest BCUT2D eigenvalue weighted by Crippen LogP contribution is 2.51. The number of hydrogen-bond donors (Lipinski definition) is 1. The lowest BCUT2D eigenvalue weighted by molar-refractivity contribution is 0.480. The highest BCUT2D eigenvalue weighted by atomic mass is 35.5. The Labute approximate surface area is 117 Å². The van der Waals surface area contributed by atoms with Crippen molar-refractivity contribution >= 4 is 27.3 Å². The van der Waals surface area contributed by atoms with E-state index in [9.17, 15) is 8.42 Å². The molecule has 0 aliphatic heterocycles. The molecule has 2 saturated carbocycles. The van der Waals surface area contributed by atoms with Crippen molar-refractivity contribution in [1.29, 1.82) is 0 Å². The van der Waals surface area contributed by atoms with Crippen LogP contribution in [-0.4, -0.2) is 30.7 Å². The Bertz CT molecular complexity index is 593. The van der Waals surface area contributed by atoms with Gasteiger partial charge in [0, 0.05) is 18.4 Å². The van der Waals surface area contributed by atoms with Gasteiger partial charge in [0.1, 0.15) is 11.0 Å². The van der Waals surface area contributed by atoms with Crippen LogP contribution in [-0.2, 0) is 9.84 Å². The van der Waals surface area contributed by atoms with Crippen molar-refractivity contribution in [3.05, 3.63) is 11.2 Å². The minimum Gasteiger partial charge on any atom is -0.367 e. The van der Waals surface area contributed by atoms with Gasteiger partial charge in [0.15, 0.2) is 0 Å². The number of rotatable bonds is 3. The molecule has 19 heavy (non-hydrogen) atoms. The van der Waals surface area contributed by atoms with E-state index in [1.54, 1.807) is 6.07 Å². The molecule has 1 heterocycles. The summed E-state index contributed by atoms with van der Waals surface area (Å²) >= 11 is 5.86. The molecule has 104 valence electrons. The van der Waals surface area contributed by atoms with Crippen LogP contribution in [0.25, 0.3) is 0 Å². The van der Waals surface area contributed by atoms with Crippen molar-refractivity contribution in [2.45, 2.75) is 36.9 Å². The van der Waals surface area contributed by atoms with Gasteiger partial charge in [-0.1, -0.05) is 24.4 Å². The van der Waals surface area contributed by atoms with Crippen LogP contribution in [0.1, 0.15) is 25.7 Å². The molecule has 0 spiro atoms. The summed E-state index contributed by atoms with van der Waals surface area (Å²) in [7, 11) is -3.44. The van der Waals surface area contributed by atoms with Crippen LogP contribution in [0.2, 0.25) is 5.15 Å². The van der Waals surface area contributed by atoms with Gasteiger partial charge in [-0.15, -0.1) is 0 Å². The molecule has 2 aliphatic carbocycles. The van der Waals surface area contributed by atoms with E-state index in [4.69, 9.17) is 11.6 Å². The predicted molar refractivity (Wildman–Crippen MR) is 73.0 cm³/mol. The van der Waals surface area contributed by atoms with Crippen LogP contribution in [0.4, 0.5) is 5.82 Å². The maximum absolute atomic E-state index is 11.5. The summed E-state index contributed by atoms with van der Waals surface area (Å²) in [5.41, 5.74) is 0. The van der Waals surface area contributed by atoms with E-state index >= 15 is 0 Å². The third kappa shape index (κ3) is 2.69. The van der Waals surface area contributed by atoms with Crippen LogP contribution in [0.3, 0.4) is 0 Å². The Kier molecular flexibility index (Phi) is 3.17. The average molecular weight is 302 g/mol. The molecule has 3 rings (SSSR count). The largest absolute Gasteiger partial charge is 0.367 e. The van der Waals surface area contributed by atoms with Crippen molar-refractivity contribution in [3.8, 4) is 0 Å². The zero-order valence-corrected chi connectivity index (χ0v) is 12.2. The van der Waals surface area contributed by atoms with E-state index in [2.05, 4.69) is 15.3 Å². The summed E-state index contributed by atoms with van der Waals surface area (Å²) < 4.78 is 23.0. The number of aromatic nitrogens is 2. The minimum absolute atomic E-state index is 0.154. The van der Waals surface area contributed by atoms with Crippen molar-refractivity contribution < 1.29 is 8.42 Å². The number of fused-ring (bicyclic) bond motifs is 1. The van der Waals surface area contributed by atoms with Gasteiger partial charge in [-0.05, 0) is 24.7 Å². The first-order valence-corrected chi connectivity index (χ1v) is 8.73. The molecule has 0 radical (unpaired) electrons. The van der Waals surface area contributed by atoms with Gasteiger partial charge in [-0.25, -0.2) is 18.4 Å². The Balaban J connectivity index is 1.80. The molecule has 2 aliphatic rings. The second-order valence-corrected chi connectivity index (χ2v) is 7.71. The highest BCUT2D eigenvalue weighted by molar-refractivity contribution is 7.90. The smallest absolute Gasteiger partial charge is 0.250 e. The summed E-state index contributed by atoms with van der Waals surface area (Å²) in [6, 6.07) is 2.00. The number of anilines is 1. The normalized spacial score (nSPS) is 29.7. The maximum atomic E-state index is 11.5. The van der Waals surface area contributed by atoms with Gasteiger partial charge in [0.2, 0.25) is 15.0 Å². The number of sulfone groups is 1. The van der Waals surface area contributed by atoms with Crippen molar-refractivity contribution in [3.63, 3.8) is 0 Å². The van der Waals surface area contributed by atoms with E-state index in [0.717, 1.165) is 6.26 Å². The molecule has 2 atom stereocenters. The molecule has 2 fully saturated rings. The lowest BCUT2D eigenvalue weighted by Gasteiger charge is -2.06. The first-order valence-electron chi connectivity index (χ1n) is 6.46. The van der Waals surface area contributed by atoms with Gasteiger partial charge >= 0.3 is 0 Å². The Hall–Kier alpha value is -0.880. The van der Waals surface area contributed by atoms with Gasteiger partial charge in [-0.2, -0.15) is 0 Å². The SMILES string of the molecule is CS(=O)(=O)c1nc(Cl)cc(NC2C3CCCCC32)n1. The number of nitrogens with zero attached hydrogens (tertiary/aromatic N) is 2. The summed E-state index contributed by atoms with van der Waals surface area (Å²) in [6.07, 6.45) is 6.16. The third-order valence-corrected chi connectivity index (χ3v) is 5.02. The molecular weight excluding hydrogens is 286 g/mol. The fourth-order valence-corrected chi connectivity index (χ4v) is 3.78. The van der Waals surface area contributed by atoms with Crippen LogP contribution < -0.4 is 5.32 Å². The minimum atomic E-state index is -3.44. The van der Waals surface area contributed by atoms with Crippen molar-refractivity contribution in [1.82, 2.24) is 9.97 Å². The fourth-order valence-electron chi connectivity index (χ4n) is 3.01. The second kappa shape index (κ2) is 4.59. The Morgan fingerprint density at radius 1 is 1.26 bits per heavy atom. The van der Waals surface area contributed by atoms with E-state index in [-0.39, 0.29) is 10.3 Å². The topological polar surface area (TPSA) is 72.0 Å². The lowest BCUT2D eigenvalue weighted by Crippen LogP contribution is -2.11. The molecule has 1 aromatic rings. The zero-order valence-electron chi connectivity index (χ0n) is 10.6. The highest BCUT2D eigenvalue weighted by Gasteiger charge is 2.50. The number of halogens is 1. The predicted octanol–water partition coefficient (Wildman–Crippen LogP) is 2.13. The van der Waals surface area contributed by atoms with Crippen LogP contribution in [0, 0.1) is 11.8 Å². The Morgan fingerprint density at radius 3 is 2.47 bits per heavy atom. The molecule has 7 heteroatoms. The monoisotopic (exact) mass is 301 g/mol. The number of hydrogen-bond acceptors (Lipinski definition) is 5. The van der Waals surface area contributed by atoms with Crippen LogP contribution in [0.15, 0.2) is 11.2 Å². The quantitative estimate of drug-likeness (QED) is 0.684. The summed E-state index contributed by atoms with van der Waals surface area (Å²) in [5, 5.41) is 3.25. The van der Waals surface area contributed by atoms with Crippen molar-refractivity contribution in [2.24, 2.45) is 11.8 Å². The molecule has 1 aromatic heterocycles. The lowest BCUT2D eigenvalue weighted by atomic mass is 10.0. The summed E-state index contributed by atoms with van der Waals surface area (Å²) in [5.74, 6) is 1.94. The van der Waals surface area contributed by atoms with Gasteiger partial charge in [-0.3, -0.25) is 0 Å². The number of nitrogens with one attached hydrogen (secondary N) is 1. The second-order valence-electron chi connectivity index (χ2n) is 5.41. The maximum Gasteiger partial charge on any atom is 0.250 e. The van der Waals surface area contributed by atoms with E-state index in [1.165, 1.54) is 25.7 Å². The molecular formula is C12H16ClN3O2S. The molecule has 0 aromatic carbocycles. The molecule has 1 N–H and O–H groups in total. The summed E-state index contributed by atoms with van der Waals surface area (Å²) in [4.78, 5) is 7.80.